The average molecular weight is 208 g/mol. The summed E-state index contributed by atoms with van der Waals surface area (Å²) < 4.78 is 35.5. The number of carboxylic acid groups (broad SMARTS) is 1. The summed E-state index contributed by atoms with van der Waals surface area (Å²) in [5, 5.41) is 8.67. The molecule has 0 heterocycles. The SMILES string of the molecule is CC1(C)/C(=C/CC(F)(F)F)C1C(=O)O. The van der Waals surface area contributed by atoms with Crippen LogP contribution >= 0.6 is 0 Å². The quantitative estimate of drug-likeness (QED) is 0.708. The summed E-state index contributed by atoms with van der Waals surface area (Å²) in [6, 6.07) is 0. The van der Waals surface area contributed by atoms with E-state index in [1.165, 1.54) is 0 Å². The molecule has 0 bridgehead atoms. The Morgan fingerprint density at radius 2 is 2.07 bits per heavy atom. The summed E-state index contributed by atoms with van der Waals surface area (Å²) in [7, 11) is 0. The number of hydrogen-bond donors (Lipinski definition) is 1. The number of alkyl halides is 3. The van der Waals surface area contributed by atoms with E-state index in [0.717, 1.165) is 6.08 Å². The van der Waals surface area contributed by atoms with Crippen LogP contribution < -0.4 is 0 Å². The van der Waals surface area contributed by atoms with E-state index in [2.05, 4.69) is 0 Å². The zero-order chi connectivity index (χ0) is 11.1. The van der Waals surface area contributed by atoms with E-state index in [9.17, 15) is 18.0 Å². The Kier molecular flexibility index (Phi) is 2.37. The zero-order valence-electron chi connectivity index (χ0n) is 7.85. The molecule has 0 aliphatic heterocycles. The molecule has 1 aliphatic rings. The molecule has 0 amide bonds. The third-order valence-electron chi connectivity index (χ3n) is 2.49. The minimum absolute atomic E-state index is 0.377. The summed E-state index contributed by atoms with van der Waals surface area (Å²) in [6.07, 6.45) is -4.32. The van der Waals surface area contributed by atoms with E-state index in [-0.39, 0.29) is 0 Å². The molecule has 1 unspecified atom stereocenters. The minimum Gasteiger partial charge on any atom is -0.481 e. The van der Waals surface area contributed by atoms with Crippen molar-refractivity contribution in [2.75, 3.05) is 0 Å². The molecule has 0 aromatic rings. The summed E-state index contributed by atoms with van der Waals surface area (Å²) in [5.74, 6) is -1.80. The lowest BCUT2D eigenvalue weighted by Gasteiger charge is -2.00. The van der Waals surface area contributed by atoms with Crippen molar-refractivity contribution in [2.24, 2.45) is 11.3 Å². The topological polar surface area (TPSA) is 37.3 Å². The van der Waals surface area contributed by atoms with Gasteiger partial charge in [0.25, 0.3) is 0 Å². The van der Waals surface area contributed by atoms with Crippen molar-refractivity contribution >= 4 is 5.97 Å². The van der Waals surface area contributed by atoms with Crippen molar-refractivity contribution in [1.82, 2.24) is 0 Å². The molecule has 5 heteroatoms. The molecule has 1 saturated carbocycles. The van der Waals surface area contributed by atoms with Gasteiger partial charge in [0.15, 0.2) is 0 Å². The molecule has 1 rings (SSSR count). The van der Waals surface area contributed by atoms with Crippen molar-refractivity contribution in [3.63, 3.8) is 0 Å². The van der Waals surface area contributed by atoms with Crippen molar-refractivity contribution in [1.29, 1.82) is 0 Å². The average Bonchev–Trinajstić information content (AvgIpc) is 2.47. The molecular formula is C9H11F3O2. The highest BCUT2D eigenvalue weighted by Crippen LogP contribution is 2.58. The Morgan fingerprint density at radius 1 is 1.57 bits per heavy atom. The minimum atomic E-state index is -4.26. The second-order valence-corrected chi connectivity index (χ2v) is 3.97. The third-order valence-corrected chi connectivity index (χ3v) is 2.49. The predicted octanol–water partition coefficient (Wildman–Crippen LogP) is 2.61. The van der Waals surface area contributed by atoms with Crippen LogP contribution in [0.2, 0.25) is 0 Å². The standard InChI is InChI=1S/C9H11F3O2/c1-8(2)5(6(8)7(13)14)3-4-9(10,11)12/h3,6H,4H2,1-2H3,(H,13,14)/b5-3+. The zero-order valence-corrected chi connectivity index (χ0v) is 7.85. The van der Waals surface area contributed by atoms with E-state index in [0.29, 0.717) is 5.57 Å². The maximum absolute atomic E-state index is 11.8. The summed E-state index contributed by atoms with van der Waals surface area (Å²) in [6.45, 7) is 3.27. The summed E-state index contributed by atoms with van der Waals surface area (Å²) in [5.41, 5.74) is -0.237. The van der Waals surface area contributed by atoms with Gasteiger partial charge < -0.3 is 5.11 Å². The van der Waals surface area contributed by atoms with Gasteiger partial charge in [0.05, 0.1) is 12.3 Å². The molecular weight excluding hydrogens is 197 g/mol. The first kappa shape index (κ1) is 11.1. The first-order valence-corrected chi connectivity index (χ1v) is 4.16. The monoisotopic (exact) mass is 208 g/mol. The number of rotatable bonds is 2. The molecule has 0 spiro atoms. The largest absolute Gasteiger partial charge is 0.481 e. The van der Waals surface area contributed by atoms with Gasteiger partial charge in [-0.25, -0.2) is 0 Å². The molecule has 2 nitrogen and oxygen atoms in total. The summed E-state index contributed by atoms with van der Waals surface area (Å²) in [4.78, 5) is 10.6. The molecule has 1 atom stereocenters. The van der Waals surface area contributed by atoms with Crippen LogP contribution in [0.5, 0.6) is 0 Å². The molecule has 80 valence electrons. The van der Waals surface area contributed by atoms with Crippen LogP contribution in [-0.2, 0) is 4.79 Å². The fraction of sp³-hybridized carbons (Fsp3) is 0.667. The number of carboxylic acids is 1. The first-order chi connectivity index (χ1) is 6.16. The van der Waals surface area contributed by atoms with Crippen molar-refractivity contribution in [3.8, 4) is 0 Å². The van der Waals surface area contributed by atoms with Crippen LogP contribution in [0.1, 0.15) is 20.3 Å². The smallest absolute Gasteiger partial charge is 0.392 e. The van der Waals surface area contributed by atoms with E-state index < -0.39 is 29.9 Å². The lowest BCUT2D eigenvalue weighted by Crippen LogP contribution is -2.04. The molecule has 0 saturated heterocycles. The molecule has 1 fully saturated rings. The van der Waals surface area contributed by atoms with Crippen molar-refractivity contribution in [2.45, 2.75) is 26.4 Å². The fourth-order valence-electron chi connectivity index (χ4n) is 1.63. The molecule has 1 aliphatic carbocycles. The van der Waals surface area contributed by atoms with Crippen molar-refractivity contribution in [3.05, 3.63) is 11.6 Å². The van der Waals surface area contributed by atoms with Gasteiger partial charge in [-0.05, 0) is 0 Å². The predicted molar refractivity (Wildman–Crippen MR) is 43.7 cm³/mol. The lowest BCUT2D eigenvalue weighted by molar-refractivity contribution is -0.139. The normalized spacial score (nSPS) is 27.8. The van der Waals surface area contributed by atoms with Gasteiger partial charge in [-0.1, -0.05) is 25.5 Å². The number of hydrogen-bond acceptors (Lipinski definition) is 1. The van der Waals surface area contributed by atoms with Gasteiger partial charge in [0.2, 0.25) is 0 Å². The van der Waals surface area contributed by atoms with E-state index in [4.69, 9.17) is 5.11 Å². The molecule has 0 radical (unpaired) electrons. The second kappa shape index (κ2) is 3.00. The van der Waals surface area contributed by atoms with Gasteiger partial charge in [0, 0.05) is 5.41 Å². The number of halogens is 3. The lowest BCUT2D eigenvalue weighted by atomic mass is 10.1. The first-order valence-electron chi connectivity index (χ1n) is 4.16. The van der Waals surface area contributed by atoms with Crippen LogP contribution in [0.4, 0.5) is 13.2 Å². The van der Waals surface area contributed by atoms with E-state index in [1.807, 2.05) is 0 Å². The Hall–Kier alpha value is -1.00. The van der Waals surface area contributed by atoms with Gasteiger partial charge in [-0.3, -0.25) is 4.79 Å². The summed E-state index contributed by atoms with van der Waals surface area (Å²) >= 11 is 0. The number of allylic oxidation sites excluding steroid dienone is 1. The van der Waals surface area contributed by atoms with Crippen LogP contribution in [0.25, 0.3) is 0 Å². The Balaban J connectivity index is 2.69. The second-order valence-electron chi connectivity index (χ2n) is 3.97. The van der Waals surface area contributed by atoms with Gasteiger partial charge in [-0.15, -0.1) is 0 Å². The van der Waals surface area contributed by atoms with Gasteiger partial charge in [-0.2, -0.15) is 13.2 Å². The maximum atomic E-state index is 11.8. The highest BCUT2D eigenvalue weighted by atomic mass is 19.4. The van der Waals surface area contributed by atoms with Gasteiger partial charge in [0.1, 0.15) is 0 Å². The molecule has 1 N–H and O–H groups in total. The Morgan fingerprint density at radius 3 is 2.36 bits per heavy atom. The van der Waals surface area contributed by atoms with Crippen LogP contribution in [0, 0.1) is 11.3 Å². The van der Waals surface area contributed by atoms with Crippen LogP contribution in [-0.4, -0.2) is 17.3 Å². The van der Waals surface area contributed by atoms with Crippen LogP contribution in [0.3, 0.4) is 0 Å². The van der Waals surface area contributed by atoms with Gasteiger partial charge >= 0.3 is 12.1 Å². The van der Waals surface area contributed by atoms with Crippen LogP contribution in [0.15, 0.2) is 11.6 Å². The number of carbonyl (C=O) groups is 1. The van der Waals surface area contributed by atoms with E-state index >= 15 is 0 Å². The fourth-order valence-corrected chi connectivity index (χ4v) is 1.63. The number of aliphatic carboxylic acids is 1. The maximum Gasteiger partial charge on any atom is 0.392 e. The Bertz CT molecular complexity index is 289. The highest BCUT2D eigenvalue weighted by Gasteiger charge is 2.57. The third kappa shape index (κ3) is 2.08. The Labute approximate surface area is 79.4 Å². The molecule has 14 heavy (non-hydrogen) atoms. The molecule has 0 aromatic carbocycles. The van der Waals surface area contributed by atoms with Crippen molar-refractivity contribution < 1.29 is 23.1 Å². The van der Waals surface area contributed by atoms with E-state index in [1.54, 1.807) is 13.8 Å². The highest BCUT2D eigenvalue weighted by molar-refractivity contribution is 5.82. The molecule has 0 aromatic heterocycles.